The van der Waals surface area contributed by atoms with Gasteiger partial charge in [-0.05, 0) is 30.0 Å². The van der Waals surface area contributed by atoms with Gasteiger partial charge in [0.25, 0.3) is 0 Å². The van der Waals surface area contributed by atoms with Crippen molar-refractivity contribution in [3.63, 3.8) is 0 Å². The van der Waals surface area contributed by atoms with E-state index in [1.54, 1.807) is 12.1 Å². The number of rotatable bonds is 6. The molecule has 0 heterocycles. The molecule has 110 valence electrons. The highest BCUT2D eigenvalue weighted by atomic mass is 16.2. The van der Waals surface area contributed by atoms with Gasteiger partial charge in [-0.1, -0.05) is 26.0 Å². The quantitative estimate of drug-likeness (QED) is 0.739. The molecular weight excluding hydrogens is 254 g/mol. The van der Waals surface area contributed by atoms with Gasteiger partial charge in [0, 0.05) is 19.2 Å². The molecule has 0 bridgehead atoms. The summed E-state index contributed by atoms with van der Waals surface area (Å²) in [5, 5.41) is 5.50. The second kappa shape index (κ2) is 7.65. The van der Waals surface area contributed by atoms with Crippen molar-refractivity contribution in [1.29, 1.82) is 0 Å². The van der Waals surface area contributed by atoms with Crippen LogP contribution in [-0.2, 0) is 16.1 Å². The Kier molecular flexibility index (Phi) is 6.18. The number of amides is 2. The number of carbonyl (C=O) groups excluding carboxylic acids is 2. The van der Waals surface area contributed by atoms with Crippen LogP contribution < -0.4 is 16.4 Å². The number of hydrogen-bond acceptors (Lipinski definition) is 3. The van der Waals surface area contributed by atoms with Crippen molar-refractivity contribution >= 4 is 17.5 Å². The maximum absolute atomic E-state index is 11.8. The molecule has 0 fully saturated rings. The molecule has 0 spiro atoms. The molecule has 0 radical (unpaired) electrons. The van der Waals surface area contributed by atoms with E-state index in [1.807, 2.05) is 26.0 Å². The average molecular weight is 277 g/mol. The number of benzene rings is 1. The van der Waals surface area contributed by atoms with Gasteiger partial charge in [0.15, 0.2) is 0 Å². The lowest BCUT2D eigenvalue weighted by Crippen LogP contribution is -2.41. The summed E-state index contributed by atoms with van der Waals surface area (Å²) in [6, 6.07) is 6.86. The standard InChI is InChI=1S/C15H23N3O2/c1-10(2)8-14(16)15(20)17-9-12-4-6-13(7-5-12)18-11(3)19/h4-7,10,14H,8-9,16H2,1-3H3,(H,17,20)(H,18,19)/t14-/m1/s1. The summed E-state index contributed by atoms with van der Waals surface area (Å²) >= 11 is 0. The largest absolute Gasteiger partial charge is 0.351 e. The molecule has 0 aliphatic heterocycles. The highest BCUT2D eigenvalue weighted by Crippen LogP contribution is 2.09. The summed E-state index contributed by atoms with van der Waals surface area (Å²) in [6.07, 6.45) is 0.674. The molecule has 1 atom stereocenters. The van der Waals surface area contributed by atoms with Crippen LogP contribution in [0.2, 0.25) is 0 Å². The first-order valence-corrected chi connectivity index (χ1v) is 6.78. The van der Waals surface area contributed by atoms with Crippen LogP contribution in [0, 0.1) is 5.92 Å². The minimum atomic E-state index is -0.464. The van der Waals surface area contributed by atoms with E-state index in [-0.39, 0.29) is 11.8 Å². The van der Waals surface area contributed by atoms with Crippen molar-refractivity contribution in [2.75, 3.05) is 5.32 Å². The first-order valence-electron chi connectivity index (χ1n) is 6.78. The number of nitrogens with one attached hydrogen (secondary N) is 2. The first-order chi connectivity index (χ1) is 9.38. The molecule has 0 saturated heterocycles. The molecule has 20 heavy (non-hydrogen) atoms. The van der Waals surface area contributed by atoms with Gasteiger partial charge in [-0.25, -0.2) is 0 Å². The van der Waals surface area contributed by atoms with Crippen LogP contribution in [0.25, 0.3) is 0 Å². The van der Waals surface area contributed by atoms with Crippen molar-refractivity contribution in [1.82, 2.24) is 5.32 Å². The smallest absolute Gasteiger partial charge is 0.237 e. The van der Waals surface area contributed by atoms with E-state index in [0.29, 0.717) is 18.9 Å². The van der Waals surface area contributed by atoms with Crippen LogP contribution in [0.3, 0.4) is 0 Å². The number of carbonyl (C=O) groups is 2. The fourth-order valence-corrected chi connectivity index (χ4v) is 1.84. The lowest BCUT2D eigenvalue weighted by molar-refractivity contribution is -0.122. The molecule has 4 N–H and O–H groups in total. The molecular formula is C15H23N3O2. The summed E-state index contributed by atoms with van der Waals surface area (Å²) in [5.74, 6) is 0.156. The summed E-state index contributed by atoms with van der Waals surface area (Å²) in [7, 11) is 0. The zero-order chi connectivity index (χ0) is 15.1. The maximum atomic E-state index is 11.8. The normalized spacial score (nSPS) is 12.1. The topological polar surface area (TPSA) is 84.2 Å². The van der Waals surface area contributed by atoms with Crippen LogP contribution in [0.1, 0.15) is 32.8 Å². The van der Waals surface area contributed by atoms with E-state index in [1.165, 1.54) is 6.92 Å². The van der Waals surface area contributed by atoms with Gasteiger partial charge in [-0.3, -0.25) is 9.59 Å². The van der Waals surface area contributed by atoms with Crippen molar-refractivity contribution in [2.45, 2.75) is 39.8 Å². The lowest BCUT2D eigenvalue weighted by atomic mass is 10.0. The molecule has 0 unspecified atom stereocenters. The predicted molar refractivity (Wildman–Crippen MR) is 80.0 cm³/mol. The van der Waals surface area contributed by atoms with E-state index in [9.17, 15) is 9.59 Å². The van der Waals surface area contributed by atoms with Crippen molar-refractivity contribution in [3.05, 3.63) is 29.8 Å². The third kappa shape index (κ3) is 5.84. The van der Waals surface area contributed by atoms with Crippen LogP contribution in [0.4, 0.5) is 5.69 Å². The Labute approximate surface area is 119 Å². The third-order valence-corrected chi connectivity index (χ3v) is 2.80. The Morgan fingerprint density at radius 1 is 1.20 bits per heavy atom. The van der Waals surface area contributed by atoms with Gasteiger partial charge in [-0.15, -0.1) is 0 Å². The molecule has 1 rings (SSSR count). The van der Waals surface area contributed by atoms with Crippen molar-refractivity contribution < 1.29 is 9.59 Å². The summed E-state index contributed by atoms with van der Waals surface area (Å²) in [5.41, 5.74) is 7.50. The summed E-state index contributed by atoms with van der Waals surface area (Å²) in [4.78, 5) is 22.7. The van der Waals surface area contributed by atoms with E-state index >= 15 is 0 Å². The van der Waals surface area contributed by atoms with Gasteiger partial charge in [0.1, 0.15) is 0 Å². The summed E-state index contributed by atoms with van der Waals surface area (Å²) in [6.45, 7) is 5.97. The average Bonchev–Trinajstić information content (AvgIpc) is 2.36. The molecule has 1 aromatic carbocycles. The molecule has 0 saturated carbocycles. The Bertz CT molecular complexity index is 455. The Balaban J connectivity index is 2.45. The first kappa shape index (κ1) is 16.2. The summed E-state index contributed by atoms with van der Waals surface area (Å²) < 4.78 is 0. The van der Waals surface area contributed by atoms with Gasteiger partial charge < -0.3 is 16.4 Å². The number of hydrogen-bond donors (Lipinski definition) is 3. The van der Waals surface area contributed by atoms with Crippen molar-refractivity contribution in [3.8, 4) is 0 Å². The second-order valence-corrected chi connectivity index (χ2v) is 5.33. The molecule has 0 aromatic heterocycles. The second-order valence-electron chi connectivity index (χ2n) is 5.33. The van der Waals surface area contributed by atoms with Crippen LogP contribution in [0.15, 0.2) is 24.3 Å². The monoisotopic (exact) mass is 277 g/mol. The zero-order valence-corrected chi connectivity index (χ0v) is 12.3. The van der Waals surface area contributed by atoms with E-state index < -0.39 is 6.04 Å². The van der Waals surface area contributed by atoms with Gasteiger partial charge in [-0.2, -0.15) is 0 Å². The van der Waals surface area contributed by atoms with Gasteiger partial charge in [0.05, 0.1) is 6.04 Å². The minimum absolute atomic E-state index is 0.106. The minimum Gasteiger partial charge on any atom is -0.351 e. The number of anilines is 1. The predicted octanol–water partition coefficient (Wildman–Crippen LogP) is 1.63. The van der Waals surface area contributed by atoms with Crippen LogP contribution in [-0.4, -0.2) is 17.9 Å². The fourth-order valence-electron chi connectivity index (χ4n) is 1.84. The zero-order valence-electron chi connectivity index (χ0n) is 12.3. The third-order valence-electron chi connectivity index (χ3n) is 2.80. The molecule has 1 aromatic rings. The lowest BCUT2D eigenvalue weighted by Gasteiger charge is -2.14. The van der Waals surface area contributed by atoms with Crippen molar-refractivity contribution in [2.24, 2.45) is 11.7 Å². The Morgan fingerprint density at radius 3 is 2.30 bits per heavy atom. The van der Waals surface area contributed by atoms with Gasteiger partial charge >= 0.3 is 0 Å². The Hall–Kier alpha value is -1.88. The van der Waals surface area contributed by atoms with E-state index in [4.69, 9.17) is 5.73 Å². The van der Waals surface area contributed by atoms with Crippen LogP contribution in [0.5, 0.6) is 0 Å². The highest BCUT2D eigenvalue weighted by Gasteiger charge is 2.14. The highest BCUT2D eigenvalue weighted by molar-refractivity contribution is 5.88. The fraction of sp³-hybridized carbons (Fsp3) is 0.467. The van der Waals surface area contributed by atoms with Gasteiger partial charge in [0.2, 0.25) is 11.8 Å². The molecule has 2 amide bonds. The molecule has 5 nitrogen and oxygen atoms in total. The maximum Gasteiger partial charge on any atom is 0.237 e. The molecule has 0 aliphatic carbocycles. The number of nitrogens with two attached hydrogens (primary N) is 1. The Morgan fingerprint density at radius 2 is 1.80 bits per heavy atom. The van der Waals surface area contributed by atoms with Crippen LogP contribution >= 0.6 is 0 Å². The van der Waals surface area contributed by atoms with E-state index in [2.05, 4.69) is 10.6 Å². The SMILES string of the molecule is CC(=O)Nc1ccc(CNC(=O)[C@H](N)CC(C)C)cc1. The van der Waals surface area contributed by atoms with E-state index in [0.717, 1.165) is 11.3 Å². The molecule has 5 heteroatoms. The molecule has 0 aliphatic rings.